The maximum Gasteiger partial charge on any atom is 0.407 e. The van der Waals surface area contributed by atoms with Crippen LogP contribution in [-0.4, -0.2) is 48.0 Å². The second-order valence-electron chi connectivity index (χ2n) is 10.4. The number of pyridine rings is 1. The molecule has 0 radical (unpaired) electrons. The molecule has 190 valence electrons. The number of benzene rings is 1. The zero-order valence-corrected chi connectivity index (χ0v) is 21.1. The second-order valence-corrected chi connectivity index (χ2v) is 10.4. The van der Waals surface area contributed by atoms with Gasteiger partial charge in [-0.3, -0.25) is 4.79 Å². The minimum absolute atomic E-state index is 0.0145. The van der Waals surface area contributed by atoms with E-state index in [1.54, 1.807) is 32.3 Å². The van der Waals surface area contributed by atoms with Crippen molar-refractivity contribution in [2.24, 2.45) is 0 Å². The van der Waals surface area contributed by atoms with Crippen molar-refractivity contribution in [3.05, 3.63) is 39.4 Å². The summed E-state index contributed by atoms with van der Waals surface area (Å²) in [6, 6.07) is 2.63. The zero-order chi connectivity index (χ0) is 25.5. The van der Waals surface area contributed by atoms with E-state index in [1.165, 1.54) is 12.1 Å². The number of alkyl carbamates (subject to hydrolysis) is 1. The van der Waals surface area contributed by atoms with Gasteiger partial charge in [-0.15, -0.1) is 0 Å². The van der Waals surface area contributed by atoms with Crippen LogP contribution in [-0.2, 0) is 9.47 Å². The van der Waals surface area contributed by atoms with Gasteiger partial charge in [0.25, 0.3) is 5.56 Å². The molecule has 1 aliphatic carbocycles. The number of carbonyl (C=O) groups is 2. The first-order valence-electron chi connectivity index (χ1n) is 12.3. The number of hydrogen-bond acceptors (Lipinski definition) is 6. The SMILES string of the molecule is CCOC(=O)c1cc2cc(F)c(N3CCCC(NC(=O)OC(C)(C)C)C3)c(C)c2n(C2CC2)c1=O. The van der Waals surface area contributed by atoms with Crippen molar-refractivity contribution in [3.8, 4) is 0 Å². The average Bonchev–Trinajstić information content (AvgIpc) is 3.58. The van der Waals surface area contributed by atoms with Crippen LogP contribution < -0.4 is 15.8 Å². The molecule has 1 aromatic heterocycles. The van der Waals surface area contributed by atoms with E-state index in [4.69, 9.17) is 9.47 Å². The van der Waals surface area contributed by atoms with Crippen LogP contribution in [0.1, 0.15) is 75.3 Å². The van der Waals surface area contributed by atoms with E-state index in [0.717, 1.165) is 25.7 Å². The molecule has 2 heterocycles. The summed E-state index contributed by atoms with van der Waals surface area (Å²) in [6.45, 7) is 10.1. The fourth-order valence-electron chi connectivity index (χ4n) is 4.86. The average molecular weight is 488 g/mol. The number of nitrogens with one attached hydrogen (secondary N) is 1. The smallest absolute Gasteiger partial charge is 0.407 e. The lowest BCUT2D eigenvalue weighted by molar-refractivity contribution is 0.0495. The summed E-state index contributed by atoms with van der Waals surface area (Å²) in [7, 11) is 0. The van der Waals surface area contributed by atoms with Crippen LogP contribution in [0.15, 0.2) is 16.9 Å². The number of hydrogen-bond donors (Lipinski definition) is 1. The van der Waals surface area contributed by atoms with Gasteiger partial charge in [-0.05, 0) is 78.0 Å². The van der Waals surface area contributed by atoms with E-state index >= 15 is 4.39 Å². The van der Waals surface area contributed by atoms with Crippen LogP contribution in [0.25, 0.3) is 10.9 Å². The summed E-state index contributed by atoms with van der Waals surface area (Å²) in [5.74, 6) is -1.12. The molecule has 1 atom stereocenters. The topological polar surface area (TPSA) is 89.9 Å². The minimum Gasteiger partial charge on any atom is -0.462 e. The van der Waals surface area contributed by atoms with Gasteiger partial charge in [-0.2, -0.15) is 0 Å². The molecule has 1 unspecified atom stereocenters. The number of aromatic nitrogens is 1. The highest BCUT2D eigenvalue weighted by molar-refractivity contribution is 5.96. The third kappa shape index (κ3) is 5.28. The number of aryl methyl sites for hydroxylation is 1. The molecular formula is C26H34FN3O5. The first-order chi connectivity index (χ1) is 16.5. The molecule has 8 nitrogen and oxygen atoms in total. The zero-order valence-electron chi connectivity index (χ0n) is 21.1. The van der Waals surface area contributed by atoms with Crippen molar-refractivity contribution in [2.75, 3.05) is 24.6 Å². The van der Waals surface area contributed by atoms with Crippen molar-refractivity contribution < 1.29 is 23.5 Å². The molecule has 4 rings (SSSR count). The molecular weight excluding hydrogens is 453 g/mol. The molecule has 1 saturated heterocycles. The van der Waals surface area contributed by atoms with Gasteiger partial charge in [0, 0.05) is 30.6 Å². The van der Waals surface area contributed by atoms with Crippen LogP contribution in [0, 0.1) is 12.7 Å². The Bertz CT molecular complexity index is 1210. The fourth-order valence-corrected chi connectivity index (χ4v) is 4.86. The lowest BCUT2D eigenvalue weighted by Crippen LogP contribution is -2.49. The number of esters is 1. The van der Waals surface area contributed by atoms with E-state index in [2.05, 4.69) is 5.32 Å². The van der Waals surface area contributed by atoms with E-state index in [0.29, 0.717) is 35.2 Å². The summed E-state index contributed by atoms with van der Waals surface area (Å²) in [5.41, 5.74) is 0.640. The van der Waals surface area contributed by atoms with Gasteiger partial charge in [0.2, 0.25) is 0 Å². The van der Waals surface area contributed by atoms with Crippen molar-refractivity contribution in [1.29, 1.82) is 0 Å². The first kappa shape index (κ1) is 25.0. The number of ether oxygens (including phenoxy) is 2. The van der Waals surface area contributed by atoms with Crippen molar-refractivity contribution in [1.82, 2.24) is 9.88 Å². The molecule has 1 aromatic carbocycles. The first-order valence-corrected chi connectivity index (χ1v) is 12.3. The van der Waals surface area contributed by atoms with Gasteiger partial charge < -0.3 is 24.3 Å². The summed E-state index contributed by atoms with van der Waals surface area (Å²) in [6.07, 6.45) is 2.71. The molecule has 1 saturated carbocycles. The highest BCUT2D eigenvalue weighted by Crippen LogP contribution is 2.40. The molecule has 2 aliphatic rings. The Kier molecular flexibility index (Phi) is 6.79. The molecule has 9 heteroatoms. The molecule has 2 fully saturated rings. The highest BCUT2D eigenvalue weighted by atomic mass is 19.1. The predicted molar refractivity (Wildman–Crippen MR) is 132 cm³/mol. The van der Waals surface area contributed by atoms with Gasteiger partial charge >= 0.3 is 12.1 Å². The fraction of sp³-hybridized carbons (Fsp3) is 0.577. The van der Waals surface area contributed by atoms with Crippen molar-refractivity contribution >= 4 is 28.7 Å². The van der Waals surface area contributed by atoms with Gasteiger partial charge in [-0.25, -0.2) is 14.0 Å². The number of rotatable bonds is 5. The molecule has 0 bridgehead atoms. The Labute approximate surface area is 204 Å². The molecule has 1 amide bonds. The molecule has 1 aliphatic heterocycles. The van der Waals surface area contributed by atoms with Crippen LogP contribution in [0.4, 0.5) is 14.9 Å². The van der Waals surface area contributed by atoms with Crippen LogP contribution in [0.2, 0.25) is 0 Å². The largest absolute Gasteiger partial charge is 0.462 e. The monoisotopic (exact) mass is 487 g/mol. The van der Waals surface area contributed by atoms with E-state index in [-0.39, 0.29) is 24.3 Å². The van der Waals surface area contributed by atoms with Crippen LogP contribution in [0.3, 0.4) is 0 Å². The second kappa shape index (κ2) is 9.51. The summed E-state index contributed by atoms with van der Waals surface area (Å²) in [5, 5.41) is 3.40. The lowest BCUT2D eigenvalue weighted by atomic mass is 10.0. The van der Waals surface area contributed by atoms with Gasteiger partial charge in [0.15, 0.2) is 0 Å². The molecule has 2 aromatic rings. The van der Waals surface area contributed by atoms with Gasteiger partial charge in [0.05, 0.1) is 17.8 Å². The van der Waals surface area contributed by atoms with E-state index in [1.807, 2.05) is 11.8 Å². The third-order valence-electron chi connectivity index (χ3n) is 6.35. The van der Waals surface area contributed by atoms with E-state index < -0.39 is 29.0 Å². The van der Waals surface area contributed by atoms with Crippen LogP contribution in [0.5, 0.6) is 0 Å². The summed E-state index contributed by atoms with van der Waals surface area (Å²) < 4.78 is 27.6. The lowest BCUT2D eigenvalue weighted by Gasteiger charge is -2.36. The standard InChI is InChI=1S/C26H34FN3O5/c1-6-34-24(32)19-12-16-13-20(27)22(15(2)21(16)30(23(19)31)18-9-10-18)29-11-7-8-17(14-29)28-25(33)35-26(3,4)5/h12-13,17-18H,6-11,14H2,1-5H3,(H,28,33). The Balaban J connectivity index is 1.72. The molecule has 0 spiro atoms. The number of nitrogens with zero attached hydrogens (tertiary/aromatic N) is 2. The number of anilines is 1. The van der Waals surface area contributed by atoms with Crippen LogP contribution >= 0.6 is 0 Å². The Morgan fingerprint density at radius 1 is 1.20 bits per heavy atom. The normalized spacial score (nSPS) is 18.5. The van der Waals surface area contributed by atoms with Gasteiger partial charge in [0.1, 0.15) is 17.0 Å². The molecule has 1 N–H and O–H groups in total. The number of halogens is 1. The quantitative estimate of drug-likeness (QED) is 0.627. The summed E-state index contributed by atoms with van der Waals surface area (Å²) >= 11 is 0. The maximum absolute atomic E-state index is 15.5. The predicted octanol–water partition coefficient (Wildman–Crippen LogP) is 4.45. The Morgan fingerprint density at radius 3 is 2.54 bits per heavy atom. The summed E-state index contributed by atoms with van der Waals surface area (Å²) in [4.78, 5) is 39.9. The van der Waals surface area contributed by atoms with Crippen molar-refractivity contribution in [2.45, 2.75) is 78.0 Å². The highest BCUT2D eigenvalue weighted by Gasteiger charge is 2.32. The maximum atomic E-state index is 15.5. The number of amides is 1. The van der Waals surface area contributed by atoms with Crippen molar-refractivity contribution in [3.63, 3.8) is 0 Å². The Morgan fingerprint density at radius 2 is 1.91 bits per heavy atom. The number of fused-ring (bicyclic) bond motifs is 1. The number of piperidine rings is 1. The van der Waals surface area contributed by atoms with Gasteiger partial charge in [-0.1, -0.05) is 0 Å². The Hall–Kier alpha value is -3.10. The number of carbonyl (C=O) groups excluding carboxylic acids is 2. The van der Waals surface area contributed by atoms with E-state index in [9.17, 15) is 14.4 Å². The third-order valence-corrected chi connectivity index (χ3v) is 6.35. The molecule has 35 heavy (non-hydrogen) atoms. The minimum atomic E-state index is -0.692.